The minimum atomic E-state index is -1.86. The molecule has 0 bridgehead atoms. The number of anilines is 1. The van der Waals surface area contributed by atoms with Crippen molar-refractivity contribution in [3.63, 3.8) is 0 Å². The van der Waals surface area contributed by atoms with E-state index in [9.17, 15) is 30.3 Å². The number of hydrogen-bond acceptors (Lipinski definition) is 15. The first-order valence-corrected chi connectivity index (χ1v) is 35.3. The van der Waals surface area contributed by atoms with Crippen molar-refractivity contribution in [2.45, 2.75) is 286 Å². The highest BCUT2D eigenvalue weighted by atomic mass is 31.2. The SMILES string of the molecule is CC[C@H]1OC(=O)[C@H](C)[C@@H](O[C@H]2C[C@@](C)(OC)[C@@H](O)[C@H](C)O2)[C@H](C)[C@@H](O[C@@H]2O[C@H](C)C[C@H](N(C)C)[C@H]2O)[C@](C)(O)C[C@@H](C)CN(CCCCCC[P+](c2ccccc2-c2ccccc2N(C)C)(C2CCCCC2)C2CCCCC2)[C@H](C)[C@@H](O)[C@]1(C)O. The quantitative estimate of drug-likeness (QED) is 0.0508. The highest BCUT2D eigenvalue weighted by Crippen LogP contribution is 2.72. The van der Waals surface area contributed by atoms with Gasteiger partial charge >= 0.3 is 5.97 Å². The van der Waals surface area contributed by atoms with Crippen molar-refractivity contribution in [2.75, 3.05) is 59.5 Å². The van der Waals surface area contributed by atoms with Gasteiger partial charge in [0.15, 0.2) is 12.6 Å². The van der Waals surface area contributed by atoms with E-state index >= 15 is 0 Å². The molecule has 3 aliphatic heterocycles. The number of benzene rings is 2. The van der Waals surface area contributed by atoms with Gasteiger partial charge in [0, 0.05) is 69.0 Å². The molecule has 3 saturated heterocycles. The summed E-state index contributed by atoms with van der Waals surface area (Å²) in [6.07, 6.45) is 10.2. The predicted molar refractivity (Wildman–Crippen MR) is 343 cm³/mol. The molecule has 5 N–H and O–H groups in total. The van der Waals surface area contributed by atoms with Crippen molar-refractivity contribution < 1.29 is 58.7 Å². The van der Waals surface area contributed by atoms with Gasteiger partial charge in [-0.3, -0.25) is 9.69 Å². The molecule has 0 aromatic heterocycles. The lowest BCUT2D eigenvalue weighted by atomic mass is 9.77. The van der Waals surface area contributed by atoms with Crippen LogP contribution in [0.2, 0.25) is 0 Å². The maximum absolute atomic E-state index is 14.9. The highest BCUT2D eigenvalue weighted by molar-refractivity contribution is 7.84. The summed E-state index contributed by atoms with van der Waals surface area (Å²) < 4.78 is 38.8. The molecule has 5 fully saturated rings. The number of aliphatic hydroxyl groups excluding tert-OH is 3. The molecule has 0 amide bonds. The van der Waals surface area contributed by atoms with Crippen molar-refractivity contribution in [3.05, 3.63) is 48.5 Å². The zero-order chi connectivity index (χ0) is 62.2. The lowest BCUT2D eigenvalue weighted by Gasteiger charge is -2.48. The number of carbonyl (C=O) groups is 1. The largest absolute Gasteiger partial charge is 0.459 e. The molecule has 2 aromatic rings. The van der Waals surface area contributed by atoms with Crippen LogP contribution in [0.5, 0.6) is 0 Å². The maximum Gasteiger partial charge on any atom is 0.311 e. The van der Waals surface area contributed by atoms with Crippen LogP contribution < -0.4 is 10.2 Å². The molecule has 5 aliphatic rings. The van der Waals surface area contributed by atoms with E-state index in [0.717, 1.165) is 37.0 Å². The van der Waals surface area contributed by atoms with E-state index in [1.807, 2.05) is 46.7 Å². The Kier molecular flexibility index (Phi) is 25.3. The zero-order valence-corrected chi connectivity index (χ0v) is 56.1. The number of carbonyl (C=O) groups excluding carboxylic acids is 1. The van der Waals surface area contributed by atoms with Crippen LogP contribution in [0.4, 0.5) is 5.69 Å². The van der Waals surface area contributed by atoms with Crippen LogP contribution in [0.1, 0.15) is 185 Å². The highest BCUT2D eigenvalue weighted by Gasteiger charge is 2.56. The molecule has 2 aliphatic carbocycles. The number of cyclic esters (lactones) is 1. The van der Waals surface area contributed by atoms with Crippen LogP contribution in [-0.4, -0.2) is 197 Å². The topological polar surface area (TPSA) is 183 Å². The van der Waals surface area contributed by atoms with Gasteiger partial charge in [-0.2, -0.15) is 0 Å². The summed E-state index contributed by atoms with van der Waals surface area (Å²) in [6.45, 7) is 19.4. The molecular formula is C69H117N3O12P+. The number of ether oxygens (including phenoxy) is 6. The van der Waals surface area contributed by atoms with Gasteiger partial charge in [0.2, 0.25) is 0 Å². The molecule has 0 unspecified atom stereocenters. The maximum atomic E-state index is 14.9. The van der Waals surface area contributed by atoms with E-state index in [1.54, 1.807) is 39.9 Å². The van der Waals surface area contributed by atoms with Crippen LogP contribution in [0.3, 0.4) is 0 Å². The average molecular weight is 1210 g/mol. The van der Waals surface area contributed by atoms with E-state index in [1.165, 1.54) is 94.3 Å². The first kappa shape index (κ1) is 70.1. The summed E-state index contributed by atoms with van der Waals surface area (Å²) >= 11 is 0. The van der Waals surface area contributed by atoms with E-state index in [2.05, 4.69) is 79.3 Å². The Balaban J connectivity index is 1.19. The predicted octanol–water partition coefficient (Wildman–Crippen LogP) is 10.6. The molecule has 3 heterocycles. The molecule has 18 atom stereocenters. The normalized spacial score (nSPS) is 37.7. The molecule has 85 heavy (non-hydrogen) atoms. The van der Waals surface area contributed by atoms with Crippen LogP contribution in [-0.2, 0) is 33.2 Å². The molecular weight excluding hydrogens is 1090 g/mol. The number of nitrogens with zero attached hydrogens (tertiary/aromatic N) is 3. The van der Waals surface area contributed by atoms with Gasteiger partial charge in [0.1, 0.15) is 35.3 Å². The van der Waals surface area contributed by atoms with Gasteiger partial charge in [-0.05, 0) is 177 Å². The van der Waals surface area contributed by atoms with Crippen molar-refractivity contribution in [1.82, 2.24) is 9.80 Å². The summed E-state index contributed by atoms with van der Waals surface area (Å²) in [5.41, 5.74) is 1.02. The number of methoxy groups -OCH3 is 1. The van der Waals surface area contributed by atoms with Crippen molar-refractivity contribution in [2.24, 2.45) is 17.8 Å². The lowest BCUT2D eigenvalue weighted by molar-refractivity contribution is -0.318. The Hall–Kier alpha value is -2.34. The van der Waals surface area contributed by atoms with E-state index < -0.39 is 103 Å². The third-order valence-electron chi connectivity index (χ3n) is 21.2. The summed E-state index contributed by atoms with van der Waals surface area (Å²) in [6, 6.07) is 17.7. The fourth-order valence-corrected chi connectivity index (χ4v) is 23.0. The monoisotopic (exact) mass is 1210 g/mol. The molecule has 0 spiro atoms. The average Bonchev–Trinajstić information content (AvgIpc) is 1.71. The Morgan fingerprint density at radius 3 is 1.94 bits per heavy atom. The van der Waals surface area contributed by atoms with Gasteiger partial charge in [0.25, 0.3) is 0 Å². The van der Waals surface area contributed by atoms with Crippen molar-refractivity contribution in [1.29, 1.82) is 0 Å². The number of likely N-dealkylation sites (N-methyl/N-ethyl adjacent to an activating group) is 1. The van der Waals surface area contributed by atoms with Crippen LogP contribution in [0.15, 0.2) is 48.5 Å². The Bertz CT molecular complexity index is 2350. The van der Waals surface area contributed by atoms with Gasteiger partial charge in [-0.25, -0.2) is 0 Å². The van der Waals surface area contributed by atoms with Gasteiger partial charge in [-0.1, -0.05) is 76.4 Å². The minimum Gasteiger partial charge on any atom is -0.459 e. The minimum absolute atomic E-state index is 0.127. The molecule has 2 aromatic carbocycles. The standard InChI is InChI=1S/C69H117N3O12P/c1-16-58-69(10,78)62(74)49(6)72(39-29-17-18-30-40-85(51-31-21-19-22-32-51,52-33-23-20-24-34-52)57-38-28-26-36-54(57)53-35-25-27-37-55(53)70(11)12)44-45(2)42-67(8,77)64(84-66-60(73)56(71(13)14)41-46(3)80-66)47(4)61(48(5)65(76)82-58)83-59-43-68(9,79-15)63(75)50(7)81-59/h25-28,35-38,45-52,56,58-64,66,73-75,77-78H,16-24,29-34,39-44H2,1-15H3/q+1/t45-,46-,47+,48-,49-,50+,56+,58-,59+,60-,61+,62-,63+,64-,66+,67-,68-,69-/m1/s1. The number of esters is 1. The van der Waals surface area contributed by atoms with Crippen molar-refractivity contribution >= 4 is 24.2 Å². The van der Waals surface area contributed by atoms with Crippen LogP contribution in [0, 0.1) is 17.8 Å². The molecule has 15 nitrogen and oxygen atoms in total. The Morgan fingerprint density at radius 2 is 1.34 bits per heavy atom. The fourth-order valence-electron chi connectivity index (χ4n) is 16.4. The molecule has 16 heteroatoms. The fraction of sp³-hybridized carbons (Fsp3) is 0.812. The van der Waals surface area contributed by atoms with E-state index in [-0.39, 0.29) is 37.3 Å². The van der Waals surface area contributed by atoms with E-state index in [0.29, 0.717) is 19.5 Å². The van der Waals surface area contributed by atoms with E-state index in [4.69, 9.17) is 28.4 Å². The summed E-state index contributed by atoms with van der Waals surface area (Å²) in [7, 11) is 8.00. The van der Waals surface area contributed by atoms with Gasteiger partial charge < -0.3 is 63.8 Å². The molecule has 484 valence electrons. The first-order valence-electron chi connectivity index (χ1n) is 33.2. The van der Waals surface area contributed by atoms with Crippen LogP contribution in [0.25, 0.3) is 11.1 Å². The smallest absolute Gasteiger partial charge is 0.311 e. The molecule has 2 saturated carbocycles. The summed E-state index contributed by atoms with van der Waals surface area (Å²) in [4.78, 5) is 21.4. The Labute approximate surface area is 513 Å². The number of hydrogen-bond donors (Lipinski definition) is 5. The lowest BCUT2D eigenvalue weighted by Crippen LogP contribution is -2.60. The second-order valence-electron chi connectivity index (χ2n) is 28.3. The number of aliphatic hydroxyl groups is 5. The Morgan fingerprint density at radius 1 is 0.741 bits per heavy atom. The number of rotatable bonds is 19. The second-order valence-corrected chi connectivity index (χ2v) is 32.6. The van der Waals surface area contributed by atoms with Gasteiger partial charge in [-0.15, -0.1) is 0 Å². The molecule has 7 rings (SSSR count). The van der Waals surface area contributed by atoms with Crippen molar-refractivity contribution in [3.8, 4) is 11.1 Å². The summed E-state index contributed by atoms with van der Waals surface area (Å²) in [5, 5.41) is 63.1. The van der Waals surface area contributed by atoms with Crippen LogP contribution >= 0.6 is 7.26 Å². The third-order valence-corrected chi connectivity index (χ3v) is 27.2. The second kappa shape index (κ2) is 30.6. The van der Waals surface area contributed by atoms with Gasteiger partial charge in [0.05, 0.1) is 66.3 Å². The third kappa shape index (κ3) is 16.2. The summed E-state index contributed by atoms with van der Waals surface area (Å²) in [5.74, 6) is -2.66. The number of para-hydroxylation sites is 1. The zero-order valence-electron chi connectivity index (χ0n) is 55.2. The number of unbranched alkanes of at least 4 members (excludes halogenated alkanes) is 3. The molecule has 0 radical (unpaired) electrons. The first-order chi connectivity index (χ1) is 40.2.